The number of aryl methyl sites for hydroxylation is 1. The van der Waals surface area contributed by atoms with E-state index in [1.54, 1.807) is 19.2 Å². The summed E-state index contributed by atoms with van der Waals surface area (Å²) in [7, 11) is 0. The van der Waals surface area contributed by atoms with Gasteiger partial charge in [-0.25, -0.2) is 0 Å². The molecule has 0 fully saturated rings. The Morgan fingerprint density at radius 3 is 2.14 bits per heavy atom. The second-order valence-corrected chi connectivity index (χ2v) is 5.25. The van der Waals surface area contributed by atoms with E-state index in [1.807, 2.05) is 55.4 Å². The summed E-state index contributed by atoms with van der Waals surface area (Å²) < 4.78 is 5.22. The van der Waals surface area contributed by atoms with Crippen molar-refractivity contribution in [3.05, 3.63) is 46.4 Å². The first-order chi connectivity index (χ1) is 14.1. The van der Waals surface area contributed by atoms with Crippen LogP contribution in [0, 0.1) is 6.92 Å². The van der Waals surface area contributed by atoms with Gasteiger partial charge in [-0.1, -0.05) is 73.1 Å². The van der Waals surface area contributed by atoms with Gasteiger partial charge in [0, 0.05) is 25.2 Å². The Kier molecular flexibility index (Phi) is 18.6. The van der Waals surface area contributed by atoms with Crippen LogP contribution >= 0.6 is 11.6 Å². The lowest BCUT2D eigenvalue weighted by molar-refractivity contribution is 0.180. The van der Waals surface area contributed by atoms with Gasteiger partial charge in [-0.15, -0.1) is 10.2 Å². The highest BCUT2D eigenvalue weighted by molar-refractivity contribution is 6.32. The van der Waals surface area contributed by atoms with Gasteiger partial charge in [0.05, 0.1) is 10.7 Å². The molecule has 0 saturated heterocycles. The quantitative estimate of drug-likeness (QED) is 0.626. The molecule has 166 valence electrons. The van der Waals surface area contributed by atoms with Crippen LogP contribution in [0.15, 0.2) is 22.8 Å². The van der Waals surface area contributed by atoms with E-state index in [4.69, 9.17) is 16.0 Å². The minimum Gasteiger partial charge on any atom is -0.422 e. The van der Waals surface area contributed by atoms with E-state index in [1.165, 1.54) is 0 Å². The molecule has 3 heterocycles. The number of pyridine rings is 1. The highest BCUT2D eigenvalue weighted by atomic mass is 35.5. The largest absolute Gasteiger partial charge is 0.422 e. The molecule has 29 heavy (non-hydrogen) atoms. The normalized spacial score (nSPS) is 12.9. The Hall–Kier alpha value is -1.76. The van der Waals surface area contributed by atoms with Crippen LogP contribution in [0.2, 0.25) is 5.02 Å². The highest BCUT2D eigenvalue weighted by Gasteiger charge is 2.20. The Balaban J connectivity index is 0. The number of halogens is 1. The summed E-state index contributed by atoms with van der Waals surface area (Å²) in [5, 5.41) is 21.5. The molecule has 0 spiro atoms. The highest BCUT2D eigenvalue weighted by Crippen LogP contribution is 2.29. The number of nitrogens with one attached hydrogen (secondary N) is 1. The van der Waals surface area contributed by atoms with E-state index in [0.717, 1.165) is 30.8 Å². The van der Waals surface area contributed by atoms with Crippen LogP contribution in [-0.4, -0.2) is 33.4 Å². The third-order valence-electron chi connectivity index (χ3n) is 3.32. The summed E-state index contributed by atoms with van der Waals surface area (Å²) >= 11 is 6.30. The fourth-order valence-corrected chi connectivity index (χ4v) is 2.54. The van der Waals surface area contributed by atoms with Gasteiger partial charge in [-0.3, -0.25) is 4.98 Å². The molecule has 1 unspecified atom stereocenters. The lowest BCUT2D eigenvalue weighted by Crippen LogP contribution is -2.20. The average molecular weight is 427 g/mol. The van der Waals surface area contributed by atoms with E-state index >= 15 is 0 Å². The van der Waals surface area contributed by atoms with Crippen molar-refractivity contribution in [1.82, 2.24) is 20.5 Å². The molecule has 1 aliphatic heterocycles. The minimum absolute atomic E-state index is 0.138. The van der Waals surface area contributed by atoms with Crippen molar-refractivity contribution in [2.24, 2.45) is 0 Å². The van der Waals surface area contributed by atoms with Gasteiger partial charge in [-0.05, 0) is 24.6 Å². The van der Waals surface area contributed by atoms with E-state index < -0.39 is 6.10 Å². The zero-order valence-electron chi connectivity index (χ0n) is 19.5. The van der Waals surface area contributed by atoms with Crippen LogP contribution in [0.5, 0.6) is 0 Å². The Morgan fingerprint density at radius 2 is 1.69 bits per heavy atom. The van der Waals surface area contributed by atoms with E-state index in [0.29, 0.717) is 16.5 Å². The summed E-state index contributed by atoms with van der Waals surface area (Å²) in [6.07, 6.45) is 3.54. The van der Waals surface area contributed by atoms with E-state index in [9.17, 15) is 5.11 Å². The van der Waals surface area contributed by atoms with Gasteiger partial charge < -0.3 is 14.8 Å². The standard InChI is InChI=1S/C14H15ClN4O2.4C2H6/c1-8-18-19-14(21-8)13(20)10-6-11(15)12(17-7-10)9-2-4-16-5-3-9;4*1-2/h2,6-7,13,16,20H,3-5H2,1H3;4*1-2H3. The number of aliphatic hydroxyl groups excluding tert-OH is 1. The van der Waals surface area contributed by atoms with Crippen molar-refractivity contribution in [3.8, 4) is 0 Å². The summed E-state index contributed by atoms with van der Waals surface area (Å²) in [5.41, 5.74) is 2.41. The molecule has 7 heteroatoms. The summed E-state index contributed by atoms with van der Waals surface area (Å²) in [4.78, 5) is 4.38. The zero-order chi connectivity index (χ0) is 22.8. The van der Waals surface area contributed by atoms with E-state index in [2.05, 4.69) is 26.6 Å². The average Bonchev–Trinajstić information content (AvgIpc) is 3.25. The third kappa shape index (κ3) is 9.52. The molecule has 0 amide bonds. The molecule has 2 aromatic rings. The van der Waals surface area contributed by atoms with Gasteiger partial charge in [0.15, 0.2) is 6.10 Å². The predicted octanol–water partition coefficient (Wildman–Crippen LogP) is 5.99. The second-order valence-electron chi connectivity index (χ2n) is 4.84. The minimum atomic E-state index is -1.02. The molecular weight excluding hydrogens is 388 g/mol. The first-order valence-electron chi connectivity index (χ1n) is 10.7. The first kappa shape index (κ1) is 29.4. The smallest absolute Gasteiger partial charge is 0.249 e. The predicted molar refractivity (Wildman–Crippen MR) is 123 cm³/mol. The van der Waals surface area contributed by atoms with Crippen molar-refractivity contribution < 1.29 is 9.52 Å². The molecule has 6 nitrogen and oxygen atoms in total. The van der Waals surface area contributed by atoms with Gasteiger partial charge >= 0.3 is 0 Å². The molecule has 0 aliphatic carbocycles. The summed E-state index contributed by atoms with van der Waals surface area (Å²) in [5.74, 6) is 0.541. The van der Waals surface area contributed by atoms with Crippen LogP contribution in [-0.2, 0) is 0 Å². The zero-order valence-corrected chi connectivity index (χ0v) is 20.3. The maximum atomic E-state index is 10.2. The van der Waals surface area contributed by atoms with Crippen molar-refractivity contribution in [3.63, 3.8) is 0 Å². The summed E-state index contributed by atoms with van der Waals surface area (Å²) in [6.45, 7) is 19.4. The molecule has 0 radical (unpaired) electrons. The molecule has 0 aromatic carbocycles. The molecule has 1 aliphatic rings. The number of rotatable bonds is 3. The van der Waals surface area contributed by atoms with Gasteiger partial charge in [0.2, 0.25) is 11.8 Å². The SMILES string of the molecule is CC.CC.CC.CC.Cc1nnc(C(O)c2cnc(C3=CCNCC3)c(Cl)c2)o1. The topological polar surface area (TPSA) is 84.1 Å². The van der Waals surface area contributed by atoms with Crippen LogP contribution in [0.3, 0.4) is 0 Å². The number of hydrogen-bond acceptors (Lipinski definition) is 6. The maximum absolute atomic E-state index is 10.2. The van der Waals surface area contributed by atoms with Crippen molar-refractivity contribution in [1.29, 1.82) is 0 Å². The van der Waals surface area contributed by atoms with Gasteiger partial charge in [0.1, 0.15) is 0 Å². The molecule has 2 N–H and O–H groups in total. The molecule has 2 aromatic heterocycles. The molecule has 0 bridgehead atoms. The van der Waals surface area contributed by atoms with Gasteiger partial charge in [-0.2, -0.15) is 0 Å². The van der Waals surface area contributed by atoms with E-state index in [-0.39, 0.29) is 5.89 Å². The fraction of sp³-hybridized carbons (Fsp3) is 0.591. The van der Waals surface area contributed by atoms with Crippen LogP contribution < -0.4 is 5.32 Å². The number of hydrogen-bond donors (Lipinski definition) is 2. The van der Waals surface area contributed by atoms with Gasteiger partial charge in [0.25, 0.3) is 0 Å². The first-order valence-corrected chi connectivity index (χ1v) is 11.1. The Bertz CT molecular complexity index is 687. The van der Waals surface area contributed by atoms with Crippen molar-refractivity contribution in [2.45, 2.75) is 74.8 Å². The summed E-state index contributed by atoms with van der Waals surface area (Å²) in [6, 6.07) is 1.69. The lowest BCUT2D eigenvalue weighted by atomic mass is 10.0. The Morgan fingerprint density at radius 1 is 1.07 bits per heavy atom. The lowest BCUT2D eigenvalue weighted by Gasteiger charge is -2.15. The fourth-order valence-electron chi connectivity index (χ4n) is 2.24. The maximum Gasteiger partial charge on any atom is 0.249 e. The van der Waals surface area contributed by atoms with Crippen LogP contribution in [0.1, 0.15) is 91.0 Å². The second kappa shape index (κ2) is 18.3. The monoisotopic (exact) mass is 426 g/mol. The Labute approximate surface area is 181 Å². The van der Waals surface area contributed by atoms with Crippen molar-refractivity contribution in [2.75, 3.05) is 13.1 Å². The number of nitrogens with zero attached hydrogens (tertiary/aromatic N) is 3. The molecule has 3 rings (SSSR count). The third-order valence-corrected chi connectivity index (χ3v) is 3.61. The number of aromatic nitrogens is 3. The molecule has 1 atom stereocenters. The van der Waals surface area contributed by atoms with Crippen LogP contribution in [0.25, 0.3) is 5.57 Å². The van der Waals surface area contributed by atoms with Crippen molar-refractivity contribution >= 4 is 17.2 Å². The molecule has 0 saturated carbocycles. The molecular formula is C22H39ClN4O2. The van der Waals surface area contributed by atoms with Crippen LogP contribution in [0.4, 0.5) is 0 Å². The number of aliphatic hydroxyl groups is 1.